The number of carbonyl (C=O) groups excluding carboxylic acids is 1. The SMILES string of the molecule is COc1ccc(Cl)cc1C(=O)NCCSc1c(-c2ccc(Cl)cc2)[nH]c2ccccc12. The van der Waals surface area contributed by atoms with Gasteiger partial charge in [0.1, 0.15) is 5.75 Å². The van der Waals surface area contributed by atoms with E-state index in [0.717, 1.165) is 27.1 Å². The fourth-order valence-electron chi connectivity index (χ4n) is 3.36. The van der Waals surface area contributed by atoms with E-state index < -0.39 is 0 Å². The Hall–Kier alpha value is -2.60. The molecule has 4 rings (SSSR count). The van der Waals surface area contributed by atoms with Crippen molar-refractivity contribution < 1.29 is 9.53 Å². The van der Waals surface area contributed by atoms with Crippen molar-refractivity contribution in [2.24, 2.45) is 0 Å². The van der Waals surface area contributed by atoms with Crippen LogP contribution in [-0.4, -0.2) is 30.3 Å². The van der Waals surface area contributed by atoms with Crippen LogP contribution in [0.25, 0.3) is 22.2 Å². The summed E-state index contributed by atoms with van der Waals surface area (Å²) in [5, 5.41) is 5.30. The highest BCUT2D eigenvalue weighted by atomic mass is 35.5. The largest absolute Gasteiger partial charge is 0.496 e. The first-order chi connectivity index (χ1) is 15.1. The van der Waals surface area contributed by atoms with E-state index in [-0.39, 0.29) is 5.91 Å². The average molecular weight is 471 g/mol. The van der Waals surface area contributed by atoms with Crippen molar-refractivity contribution in [1.82, 2.24) is 10.3 Å². The monoisotopic (exact) mass is 470 g/mol. The highest BCUT2D eigenvalue weighted by molar-refractivity contribution is 7.99. The minimum absolute atomic E-state index is 0.211. The van der Waals surface area contributed by atoms with Gasteiger partial charge in [0.25, 0.3) is 5.91 Å². The second-order valence-electron chi connectivity index (χ2n) is 6.83. The second-order valence-corrected chi connectivity index (χ2v) is 8.81. The molecule has 0 radical (unpaired) electrons. The Kier molecular flexibility index (Phi) is 6.76. The number of fused-ring (bicyclic) bond motifs is 1. The van der Waals surface area contributed by atoms with Gasteiger partial charge in [0.15, 0.2) is 0 Å². The molecule has 0 saturated carbocycles. The van der Waals surface area contributed by atoms with E-state index in [1.807, 2.05) is 36.4 Å². The highest BCUT2D eigenvalue weighted by Gasteiger charge is 2.15. The number of aromatic nitrogens is 1. The highest BCUT2D eigenvalue weighted by Crippen LogP contribution is 2.37. The Morgan fingerprint density at radius 1 is 1.03 bits per heavy atom. The Bertz CT molecular complexity index is 1220. The number of para-hydroxylation sites is 1. The molecule has 0 atom stereocenters. The number of rotatable bonds is 7. The molecule has 2 N–H and O–H groups in total. The van der Waals surface area contributed by atoms with Gasteiger partial charge in [-0.1, -0.05) is 53.5 Å². The number of H-pyrrole nitrogens is 1. The van der Waals surface area contributed by atoms with Crippen molar-refractivity contribution in [1.29, 1.82) is 0 Å². The van der Waals surface area contributed by atoms with Crippen LogP contribution in [0.3, 0.4) is 0 Å². The lowest BCUT2D eigenvalue weighted by molar-refractivity contribution is 0.0953. The lowest BCUT2D eigenvalue weighted by Crippen LogP contribution is -2.26. The number of benzene rings is 3. The van der Waals surface area contributed by atoms with Crippen LogP contribution in [0.15, 0.2) is 71.6 Å². The van der Waals surface area contributed by atoms with Crippen molar-refractivity contribution in [2.75, 3.05) is 19.4 Å². The quantitative estimate of drug-likeness (QED) is 0.234. The molecule has 1 amide bonds. The van der Waals surface area contributed by atoms with Crippen molar-refractivity contribution in [3.8, 4) is 17.0 Å². The maximum Gasteiger partial charge on any atom is 0.255 e. The fraction of sp³-hybridized carbons (Fsp3) is 0.125. The number of hydrogen-bond donors (Lipinski definition) is 2. The topological polar surface area (TPSA) is 54.1 Å². The van der Waals surface area contributed by atoms with E-state index in [0.29, 0.717) is 33.7 Å². The number of hydrogen-bond acceptors (Lipinski definition) is 3. The van der Waals surface area contributed by atoms with Gasteiger partial charge in [-0.25, -0.2) is 0 Å². The number of methoxy groups -OCH3 is 1. The molecule has 1 heterocycles. The summed E-state index contributed by atoms with van der Waals surface area (Å²) >= 11 is 13.8. The number of nitrogens with one attached hydrogen (secondary N) is 2. The van der Waals surface area contributed by atoms with Gasteiger partial charge in [0.2, 0.25) is 0 Å². The predicted molar refractivity (Wildman–Crippen MR) is 130 cm³/mol. The number of amides is 1. The minimum Gasteiger partial charge on any atom is -0.496 e. The summed E-state index contributed by atoms with van der Waals surface area (Å²) in [5.41, 5.74) is 3.61. The summed E-state index contributed by atoms with van der Waals surface area (Å²) in [6.07, 6.45) is 0. The number of aromatic amines is 1. The molecule has 4 nitrogen and oxygen atoms in total. The fourth-order valence-corrected chi connectivity index (χ4v) is 4.71. The normalized spacial score (nSPS) is 10.9. The van der Waals surface area contributed by atoms with Crippen molar-refractivity contribution in [2.45, 2.75) is 4.90 Å². The van der Waals surface area contributed by atoms with Crippen molar-refractivity contribution >= 4 is 51.8 Å². The minimum atomic E-state index is -0.211. The molecule has 0 aliphatic carbocycles. The summed E-state index contributed by atoms with van der Waals surface area (Å²) in [6.45, 7) is 0.499. The zero-order valence-corrected chi connectivity index (χ0v) is 19.1. The van der Waals surface area contributed by atoms with Gasteiger partial charge < -0.3 is 15.0 Å². The van der Waals surface area contributed by atoms with Crippen molar-refractivity contribution in [3.05, 3.63) is 82.3 Å². The summed E-state index contributed by atoms with van der Waals surface area (Å²) in [5.74, 6) is 0.991. The summed E-state index contributed by atoms with van der Waals surface area (Å²) in [7, 11) is 1.53. The molecule has 0 aliphatic rings. The van der Waals surface area contributed by atoms with Gasteiger partial charge in [-0.2, -0.15) is 0 Å². The number of carbonyl (C=O) groups is 1. The first kappa shape index (κ1) is 21.6. The van der Waals surface area contributed by atoms with E-state index in [9.17, 15) is 4.79 Å². The zero-order chi connectivity index (χ0) is 21.8. The number of halogens is 2. The molecule has 0 saturated heterocycles. The molecule has 1 aromatic heterocycles. The third kappa shape index (κ3) is 4.85. The molecular formula is C24H20Cl2N2O2S. The number of ether oxygens (including phenoxy) is 1. The van der Waals surface area contributed by atoms with Crippen LogP contribution in [0.5, 0.6) is 5.75 Å². The van der Waals surface area contributed by atoms with E-state index in [2.05, 4.69) is 22.4 Å². The summed E-state index contributed by atoms with van der Waals surface area (Å²) < 4.78 is 5.27. The third-order valence-electron chi connectivity index (χ3n) is 4.83. The molecular weight excluding hydrogens is 451 g/mol. The van der Waals surface area contributed by atoms with Gasteiger partial charge in [-0.05, 0) is 42.0 Å². The molecule has 0 aliphatic heterocycles. The molecule has 31 heavy (non-hydrogen) atoms. The molecule has 0 unspecified atom stereocenters. The lowest BCUT2D eigenvalue weighted by atomic mass is 10.1. The molecule has 0 bridgehead atoms. The molecule has 158 valence electrons. The van der Waals surface area contributed by atoms with Crippen molar-refractivity contribution in [3.63, 3.8) is 0 Å². The van der Waals surface area contributed by atoms with Crippen LogP contribution in [-0.2, 0) is 0 Å². The Labute approximate surface area is 194 Å². The van der Waals surface area contributed by atoms with Gasteiger partial charge in [0.05, 0.1) is 18.4 Å². The first-order valence-corrected chi connectivity index (χ1v) is 11.4. The van der Waals surface area contributed by atoms with E-state index in [1.54, 1.807) is 30.0 Å². The van der Waals surface area contributed by atoms with E-state index in [1.165, 1.54) is 7.11 Å². The van der Waals surface area contributed by atoms with Crippen LogP contribution in [0.2, 0.25) is 10.0 Å². The molecule has 0 fully saturated rings. The third-order valence-corrected chi connectivity index (χ3v) is 6.44. The maximum absolute atomic E-state index is 12.6. The van der Waals surface area contributed by atoms with E-state index in [4.69, 9.17) is 27.9 Å². The standard InChI is InChI=1S/C24H20Cl2N2O2S/c1-30-21-11-10-17(26)14-19(21)24(29)27-12-13-31-23-18-4-2-3-5-20(18)28-22(23)15-6-8-16(25)9-7-15/h2-11,14,28H,12-13H2,1H3,(H,27,29). The average Bonchev–Trinajstić information content (AvgIpc) is 3.15. The number of thioether (sulfide) groups is 1. The van der Waals surface area contributed by atoms with Gasteiger partial charge in [-0.3, -0.25) is 4.79 Å². The lowest BCUT2D eigenvalue weighted by Gasteiger charge is -2.10. The maximum atomic E-state index is 12.6. The zero-order valence-electron chi connectivity index (χ0n) is 16.7. The first-order valence-electron chi connectivity index (χ1n) is 9.68. The Balaban J connectivity index is 1.49. The molecule has 3 aromatic carbocycles. The molecule has 4 aromatic rings. The Morgan fingerprint density at radius 2 is 1.77 bits per heavy atom. The van der Waals surface area contributed by atoms with Crippen LogP contribution < -0.4 is 10.1 Å². The van der Waals surface area contributed by atoms with E-state index >= 15 is 0 Å². The smallest absolute Gasteiger partial charge is 0.255 e. The summed E-state index contributed by atoms with van der Waals surface area (Å²) in [4.78, 5) is 17.3. The van der Waals surface area contributed by atoms with Crippen LogP contribution in [0.1, 0.15) is 10.4 Å². The second kappa shape index (κ2) is 9.69. The summed E-state index contributed by atoms with van der Waals surface area (Å²) in [6, 6.07) is 21.0. The Morgan fingerprint density at radius 3 is 2.55 bits per heavy atom. The van der Waals surface area contributed by atoms with Gasteiger partial charge in [0, 0.05) is 38.1 Å². The van der Waals surface area contributed by atoms with Crippen LogP contribution >= 0.6 is 35.0 Å². The van der Waals surface area contributed by atoms with Gasteiger partial charge in [-0.15, -0.1) is 11.8 Å². The van der Waals surface area contributed by atoms with Crippen LogP contribution in [0, 0.1) is 0 Å². The molecule has 7 heteroatoms. The van der Waals surface area contributed by atoms with Crippen LogP contribution in [0.4, 0.5) is 0 Å². The predicted octanol–water partition coefficient (Wildman–Crippen LogP) is 6.67. The van der Waals surface area contributed by atoms with Gasteiger partial charge >= 0.3 is 0 Å². The molecule has 0 spiro atoms.